The van der Waals surface area contributed by atoms with E-state index in [1.165, 1.54) is 11.1 Å². The first kappa shape index (κ1) is 10.1. The molecule has 2 nitrogen and oxygen atoms in total. The Bertz CT molecular complexity index is 269. The zero-order chi connectivity index (χ0) is 9.68. The van der Waals surface area contributed by atoms with Crippen molar-refractivity contribution >= 4 is 0 Å². The van der Waals surface area contributed by atoms with Crippen LogP contribution in [0.5, 0.6) is 5.75 Å². The average molecular weight is 180 g/mol. The topological polar surface area (TPSA) is 18.5 Å². The number of benzene rings is 1. The van der Waals surface area contributed by atoms with Crippen molar-refractivity contribution in [2.24, 2.45) is 0 Å². The highest BCUT2D eigenvalue weighted by Gasteiger charge is 2.00. The number of hydrogen-bond acceptors (Lipinski definition) is 2. The third-order valence-electron chi connectivity index (χ3n) is 2.06. The van der Waals surface area contributed by atoms with Gasteiger partial charge in [-0.25, -0.2) is 0 Å². The Morgan fingerprint density at radius 2 is 2.00 bits per heavy atom. The Hall–Kier alpha value is -1.02. The average Bonchev–Trinajstić information content (AvgIpc) is 2.13. The standard InChI is InChI=1S/C11H16O2/c1-4-12-8-13-11-7-5-6-9(2)10(11)3/h5-7H,4,8H2,1-3H3. The molecule has 1 rings (SSSR count). The van der Waals surface area contributed by atoms with Gasteiger partial charge in [-0.05, 0) is 38.0 Å². The van der Waals surface area contributed by atoms with E-state index in [1.54, 1.807) is 0 Å². The van der Waals surface area contributed by atoms with E-state index in [9.17, 15) is 0 Å². The molecule has 0 fully saturated rings. The molecular formula is C11H16O2. The normalized spacial score (nSPS) is 10.1. The predicted molar refractivity (Wildman–Crippen MR) is 53.0 cm³/mol. The third kappa shape index (κ3) is 2.74. The molecule has 13 heavy (non-hydrogen) atoms. The second kappa shape index (κ2) is 4.87. The molecule has 2 heteroatoms. The van der Waals surface area contributed by atoms with Crippen LogP contribution in [0.25, 0.3) is 0 Å². The van der Waals surface area contributed by atoms with Crippen molar-refractivity contribution in [3.05, 3.63) is 29.3 Å². The van der Waals surface area contributed by atoms with Gasteiger partial charge in [-0.2, -0.15) is 0 Å². The summed E-state index contributed by atoms with van der Waals surface area (Å²) in [5.74, 6) is 0.911. The van der Waals surface area contributed by atoms with Crippen LogP contribution in [0.3, 0.4) is 0 Å². The molecule has 0 aliphatic rings. The van der Waals surface area contributed by atoms with Crippen LogP contribution < -0.4 is 4.74 Å². The van der Waals surface area contributed by atoms with Gasteiger partial charge in [0.2, 0.25) is 0 Å². The van der Waals surface area contributed by atoms with Gasteiger partial charge in [0.25, 0.3) is 0 Å². The molecular weight excluding hydrogens is 164 g/mol. The molecule has 0 aliphatic heterocycles. The summed E-state index contributed by atoms with van der Waals surface area (Å²) in [6, 6.07) is 6.02. The second-order valence-corrected chi connectivity index (χ2v) is 2.95. The van der Waals surface area contributed by atoms with E-state index in [1.807, 2.05) is 19.1 Å². The van der Waals surface area contributed by atoms with Crippen LogP contribution in [0, 0.1) is 13.8 Å². The second-order valence-electron chi connectivity index (χ2n) is 2.95. The zero-order valence-electron chi connectivity index (χ0n) is 8.46. The van der Waals surface area contributed by atoms with Crippen LogP contribution in [-0.4, -0.2) is 13.4 Å². The van der Waals surface area contributed by atoms with E-state index >= 15 is 0 Å². The lowest BCUT2D eigenvalue weighted by Crippen LogP contribution is -2.03. The van der Waals surface area contributed by atoms with Crippen LogP contribution in [0.1, 0.15) is 18.1 Å². The van der Waals surface area contributed by atoms with Gasteiger partial charge in [0.05, 0.1) is 0 Å². The van der Waals surface area contributed by atoms with Crippen molar-refractivity contribution in [3.8, 4) is 5.75 Å². The summed E-state index contributed by atoms with van der Waals surface area (Å²) in [5.41, 5.74) is 2.43. The summed E-state index contributed by atoms with van der Waals surface area (Å²) in [6.45, 7) is 7.09. The van der Waals surface area contributed by atoms with Crippen LogP contribution in [0.2, 0.25) is 0 Å². The minimum absolute atomic E-state index is 0.334. The van der Waals surface area contributed by atoms with Gasteiger partial charge in [-0.3, -0.25) is 0 Å². The minimum Gasteiger partial charge on any atom is -0.467 e. The molecule has 0 bridgehead atoms. The molecule has 0 unspecified atom stereocenters. The minimum atomic E-state index is 0.334. The zero-order valence-corrected chi connectivity index (χ0v) is 8.46. The fraction of sp³-hybridized carbons (Fsp3) is 0.455. The largest absolute Gasteiger partial charge is 0.467 e. The van der Waals surface area contributed by atoms with Crippen molar-refractivity contribution < 1.29 is 9.47 Å². The Morgan fingerprint density at radius 3 is 2.69 bits per heavy atom. The summed E-state index contributed by atoms with van der Waals surface area (Å²) in [6.07, 6.45) is 0. The molecule has 0 aromatic heterocycles. The Labute approximate surface area is 79.5 Å². The third-order valence-corrected chi connectivity index (χ3v) is 2.06. The van der Waals surface area contributed by atoms with Crippen molar-refractivity contribution in [2.75, 3.05) is 13.4 Å². The van der Waals surface area contributed by atoms with Crippen molar-refractivity contribution in [1.29, 1.82) is 0 Å². The molecule has 0 saturated heterocycles. The Morgan fingerprint density at radius 1 is 1.23 bits per heavy atom. The SMILES string of the molecule is CCOCOc1cccc(C)c1C. The lowest BCUT2D eigenvalue weighted by Gasteiger charge is -2.09. The Kier molecular flexibility index (Phi) is 3.77. The van der Waals surface area contributed by atoms with Gasteiger partial charge < -0.3 is 9.47 Å². The molecule has 0 radical (unpaired) electrons. The van der Waals surface area contributed by atoms with E-state index in [0.717, 1.165) is 5.75 Å². The van der Waals surface area contributed by atoms with E-state index in [4.69, 9.17) is 9.47 Å². The highest BCUT2D eigenvalue weighted by molar-refractivity contribution is 5.38. The van der Waals surface area contributed by atoms with E-state index in [2.05, 4.69) is 19.9 Å². The van der Waals surface area contributed by atoms with Crippen molar-refractivity contribution in [2.45, 2.75) is 20.8 Å². The molecule has 1 aromatic carbocycles. The summed E-state index contributed by atoms with van der Waals surface area (Å²) in [5, 5.41) is 0. The summed E-state index contributed by atoms with van der Waals surface area (Å²) in [7, 11) is 0. The molecule has 72 valence electrons. The highest BCUT2D eigenvalue weighted by Crippen LogP contribution is 2.20. The van der Waals surface area contributed by atoms with Crippen molar-refractivity contribution in [1.82, 2.24) is 0 Å². The van der Waals surface area contributed by atoms with E-state index in [-0.39, 0.29) is 0 Å². The molecule has 0 spiro atoms. The molecule has 0 saturated carbocycles. The van der Waals surface area contributed by atoms with Crippen LogP contribution in [0.4, 0.5) is 0 Å². The predicted octanol–water partition coefficient (Wildman–Crippen LogP) is 2.68. The van der Waals surface area contributed by atoms with Crippen LogP contribution in [-0.2, 0) is 4.74 Å². The van der Waals surface area contributed by atoms with Crippen LogP contribution >= 0.6 is 0 Å². The maximum absolute atomic E-state index is 5.44. The summed E-state index contributed by atoms with van der Waals surface area (Å²) < 4.78 is 10.5. The van der Waals surface area contributed by atoms with Gasteiger partial charge in [0, 0.05) is 6.61 Å². The maximum Gasteiger partial charge on any atom is 0.189 e. The Balaban J connectivity index is 2.61. The van der Waals surface area contributed by atoms with E-state index in [0.29, 0.717) is 13.4 Å². The summed E-state index contributed by atoms with van der Waals surface area (Å²) >= 11 is 0. The number of rotatable bonds is 4. The van der Waals surface area contributed by atoms with Crippen molar-refractivity contribution in [3.63, 3.8) is 0 Å². The summed E-state index contributed by atoms with van der Waals surface area (Å²) in [4.78, 5) is 0. The first-order valence-corrected chi connectivity index (χ1v) is 4.52. The van der Waals surface area contributed by atoms with Gasteiger partial charge in [0.1, 0.15) is 5.75 Å². The molecule has 0 heterocycles. The molecule has 1 aromatic rings. The fourth-order valence-electron chi connectivity index (χ4n) is 1.07. The van der Waals surface area contributed by atoms with Gasteiger partial charge in [0.15, 0.2) is 6.79 Å². The van der Waals surface area contributed by atoms with E-state index < -0.39 is 0 Å². The molecule has 0 atom stereocenters. The lowest BCUT2D eigenvalue weighted by atomic mass is 10.1. The first-order chi connectivity index (χ1) is 6.25. The highest BCUT2D eigenvalue weighted by atomic mass is 16.7. The molecule has 0 N–H and O–H groups in total. The van der Waals surface area contributed by atoms with Gasteiger partial charge in [-0.1, -0.05) is 12.1 Å². The molecule has 0 amide bonds. The quantitative estimate of drug-likeness (QED) is 0.524. The smallest absolute Gasteiger partial charge is 0.189 e. The number of aryl methyl sites for hydroxylation is 1. The maximum atomic E-state index is 5.44. The molecule has 0 aliphatic carbocycles. The lowest BCUT2D eigenvalue weighted by molar-refractivity contribution is 0.0220. The number of hydrogen-bond donors (Lipinski definition) is 0. The fourth-order valence-corrected chi connectivity index (χ4v) is 1.07. The van der Waals surface area contributed by atoms with Crippen LogP contribution in [0.15, 0.2) is 18.2 Å². The first-order valence-electron chi connectivity index (χ1n) is 4.52. The van der Waals surface area contributed by atoms with Gasteiger partial charge >= 0.3 is 0 Å². The van der Waals surface area contributed by atoms with Gasteiger partial charge in [-0.15, -0.1) is 0 Å². The number of ether oxygens (including phenoxy) is 2. The monoisotopic (exact) mass is 180 g/mol.